The second-order valence-corrected chi connectivity index (χ2v) is 10.2. The molecular weight excluding hydrogens is 356 g/mol. The van der Waals surface area contributed by atoms with E-state index in [9.17, 15) is 4.79 Å². The van der Waals surface area contributed by atoms with Gasteiger partial charge in [-0.25, -0.2) is 4.79 Å². The second-order valence-electron chi connectivity index (χ2n) is 10.2. The summed E-state index contributed by atoms with van der Waals surface area (Å²) in [6.07, 6.45) is 4.70. The molecule has 0 radical (unpaired) electrons. The summed E-state index contributed by atoms with van der Waals surface area (Å²) in [6, 6.07) is 13.1. The highest BCUT2D eigenvalue weighted by molar-refractivity contribution is 5.87. The molecule has 0 saturated heterocycles. The van der Waals surface area contributed by atoms with Gasteiger partial charge in [-0.1, -0.05) is 57.9 Å². The molecule has 2 aromatic carbocycles. The van der Waals surface area contributed by atoms with E-state index < -0.39 is 5.97 Å². The minimum absolute atomic E-state index is 0.0394. The van der Waals surface area contributed by atoms with Crippen LogP contribution in [0, 0.1) is 18.8 Å². The maximum atomic E-state index is 10.8. The molecule has 4 rings (SSSR count). The Hall–Kier alpha value is -2.53. The Morgan fingerprint density at radius 3 is 2.10 bits per heavy atom. The number of fused-ring (bicyclic) bond motifs is 1. The lowest BCUT2D eigenvalue weighted by Gasteiger charge is -2.43. The van der Waals surface area contributed by atoms with Crippen LogP contribution in [0.5, 0.6) is 0 Å². The fraction of sp³-hybridized carbons (Fsp3) is 0.444. The van der Waals surface area contributed by atoms with Crippen LogP contribution in [-0.2, 0) is 21.0 Å². The lowest BCUT2D eigenvalue weighted by atomic mass is 9.62. The van der Waals surface area contributed by atoms with Crippen LogP contribution < -0.4 is 0 Å². The average molecular weight is 387 g/mol. The predicted molar refractivity (Wildman–Crippen MR) is 117 cm³/mol. The van der Waals surface area contributed by atoms with Crippen molar-refractivity contribution in [2.24, 2.45) is 0 Å². The summed E-state index contributed by atoms with van der Waals surface area (Å²) in [5, 5.41) is 8.86. The van der Waals surface area contributed by atoms with E-state index in [1.165, 1.54) is 40.7 Å². The topological polar surface area (TPSA) is 37.3 Å². The number of aliphatic carboxylic acids is 1. The molecule has 29 heavy (non-hydrogen) atoms. The monoisotopic (exact) mass is 386 g/mol. The Kier molecular flexibility index (Phi) is 4.43. The van der Waals surface area contributed by atoms with Crippen LogP contribution in [0.3, 0.4) is 0 Å². The van der Waals surface area contributed by atoms with Crippen LogP contribution >= 0.6 is 0 Å². The molecule has 0 aliphatic heterocycles. The van der Waals surface area contributed by atoms with E-state index in [1.807, 2.05) is 12.1 Å². The van der Waals surface area contributed by atoms with Crippen molar-refractivity contribution < 1.29 is 9.90 Å². The van der Waals surface area contributed by atoms with E-state index in [0.29, 0.717) is 0 Å². The lowest BCUT2D eigenvalue weighted by molar-refractivity contribution is -0.130. The van der Waals surface area contributed by atoms with Gasteiger partial charge in [-0.05, 0) is 83.4 Å². The first-order chi connectivity index (χ1) is 13.6. The molecule has 2 heteroatoms. The van der Waals surface area contributed by atoms with Crippen molar-refractivity contribution in [2.45, 2.75) is 76.5 Å². The van der Waals surface area contributed by atoms with Crippen molar-refractivity contribution in [1.82, 2.24) is 0 Å². The average Bonchev–Trinajstić information content (AvgIpc) is 3.46. The number of hydrogen-bond donors (Lipinski definition) is 1. The first-order valence-corrected chi connectivity index (χ1v) is 10.6. The minimum Gasteiger partial charge on any atom is -0.472 e. The summed E-state index contributed by atoms with van der Waals surface area (Å²) in [7, 11) is 0. The lowest BCUT2D eigenvalue weighted by Crippen LogP contribution is -2.34. The maximum absolute atomic E-state index is 10.8. The zero-order chi connectivity index (χ0) is 21.0. The highest BCUT2D eigenvalue weighted by atomic mass is 16.4. The highest BCUT2D eigenvalue weighted by Gasteiger charge is 2.48. The van der Waals surface area contributed by atoms with Crippen LogP contribution in [0.1, 0.15) is 86.8 Å². The fourth-order valence-corrected chi connectivity index (χ4v) is 5.10. The molecule has 0 heterocycles. The first kappa shape index (κ1) is 19.8. The molecule has 2 aliphatic carbocycles. The molecule has 1 fully saturated rings. The number of carboxylic acids is 1. The normalized spacial score (nSPS) is 20.2. The van der Waals surface area contributed by atoms with Gasteiger partial charge >= 0.3 is 5.97 Å². The van der Waals surface area contributed by atoms with E-state index in [4.69, 9.17) is 5.11 Å². The first-order valence-electron chi connectivity index (χ1n) is 10.6. The zero-order valence-electron chi connectivity index (χ0n) is 18.1. The number of rotatable bonds is 2. The van der Waals surface area contributed by atoms with Crippen molar-refractivity contribution >= 4 is 5.97 Å². The molecule has 0 aromatic heterocycles. The minimum atomic E-state index is -1.09. The predicted octanol–water partition coefficient (Wildman–Crippen LogP) is 5.86. The SMILES string of the molecule is Cc1cc2c(cc1C1(c3cccc(C#CC(=O)O)c3)CC1)C(C)(C)CCC2(C)C. The zero-order valence-corrected chi connectivity index (χ0v) is 18.1. The van der Waals surface area contributed by atoms with Gasteiger partial charge in [0.25, 0.3) is 0 Å². The van der Waals surface area contributed by atoms with Crippen molar-refractivity contribution in [1.29, 1.82) is 0 Å². The highest BCUT2D eigenvalue weighted by Crippen LogP contribution is 2.56. The van der Waals surface area contributed by atoms with E-state index in [1.54, 1.807) is 0 Å². The number of aryl methyl sites for hydroxylation is 1. The van der Waals surface area contributed by atoms with Gasteiger partial charge in [0.2, 0.25) is 0 Å². The molecule has 150 valence electrons. The van der Waals surface area contributed by atoms with Crippen LogP contribution in [0.4, 0.5) is 0 Å². The third-order valence-corrected chi connectivity index (χ3v) is 7.19. The Morgan fingerprint density at radius 2 is 1.52 bits per heavy atom. The van der Waals surface area contributed by atoms with E-state index >= 15 is 0 Å². The summed E-state index contributed by atoms with van der Waals surface area (Å²) >= 11 is 0. The van der Waals surface area contributed by atoms with E-state index in [-0.39, 0.29) is 16.2 Å². The van der Waals surface area contributed by atoms with Gasteiger partial charge < -0.3 is 5.11 Å². The number of carboxylic acid groups (broad SMARTS) is 1. The molecule has 1 saturated carbocycles. The van der Waals surface area contributed by atoms with E-state index in [2.05, 4.69) is 70.7 Å². The largest absolute Gasteiger partial charge is 0.472 e. The molecule has 2 aromatic rings. The smallest absolute Gasteiger partial charge is 0.382 e. The van der Waals surface area contributed by atoms with Gasteiger partial charge in [-0.2, -0.15) is 0 Å². The molecule has 0 amide bonds. The molecule has 0 atom stereocenters. The molecule has 0 bridgehead atoms. The summed E-state index contributed by atoms with van der Waals surface area (Å²) in [5.41, 5.74) is 8.29. The third-order valence-electron chi connectivity index (χ3n) is 7.19. The number of carbonyl (C=O) groups is 1. The molecule has 0 spiro atoms. The van der Waals surface area contributed by atoms with Gasteiger partial charge in [0.1, 0.15) is 0 Å². The Morgan fingerprint density at radius 1 is 0.897 bits per heavy atom. The summed E-state index contributed by atoms with van der Waals surface area (Å²) in [6.45, 7) is 11.8. The molecule has 2 aliphatic rings. The Balaban J connectivity index is 1.83. The standard InChI is InChI=1S/C27H30O2/c1-18-15-22-23(26(4,5)12-11-25(22,2)3)17-21(18)27(13-14-27)20-8-6-7-19(16-20)9-10-24(28)29/h6-8,15-17H,11-14H2,1-5H3,(H,28,29). The van der Waals surface area contributed by atoms with Crippen LogP contribution in [0.15, 0.2) is 36.4 Å². The van der Waals surface area contributed by atoms with Crippen LogP contribution in [0.25, 0.3) is 0 Å². The van der Waals surface area contributed by atoms with Gasteiger partial charge in [0.05, 0.1) is 0 Å². The molecule has 2 nitrogen and oxygen atoms in total. The van der Waals surface area contributed by atoms with Crippen molar-refractivity contribution in [2.75, 3.05) is 0 Å². The van der Waals surface area contributed by atoms with E-state index in [0.717, 1.165) is 18.4 Å². The second kappa shape index (κ2) is 6.49. The summed E-state index contributed by atoms with van der Waals surface area (Å²) < 4.78 is 0. The molecule has 0 unspecified atom stereocenters. The van der Waals surface area contributed by atoms with Crippen LogP contribution in [0.2, 0.25) is 0 Å². The van der Waals surface area contributed by atoms with Gasteiger partial charge in [-0.15, -0.1) is 0 Å². The van der Waals surface area contributed by atoms with Gasteiger partial charge in [0.15, 0.2) is 0 Å². The summed E-state index contributed by atoms with van der Waals surface area (Å²) in [5.74, 6) is 3.92. The van der Waals surface area contributed by atoms with Gasteiger partial charge in [0, 0.05) is 16.9 Å². The Labute approximate surface area is 174 Å². The number of benzene rings is 2. The molecule has 1 N–H and O–H groups in total. The van der Waals surface area contributed by atoms with Crippen molar-refractivity contribution in [3.63, 3.8) is 0 Å². The fourth-order valence-electron chi connectivity index (χ4n) is 5.10. The van der Waals surface area contributed by atoms with Crippen molar-refractivity contribution in [3.8, 4) is 11.8 Å². The third kappa shape index (κ3) is 3.38. The number of hydrogen-bond acceptors (Lipinski definition) is 1. The summed E-state index contributed by atoms with van der Waals surface area (Å²) in [4.78, 5) is 10.8. The quantitative estimate of drug-likeness (QED) is 0.656. The molecular formula is C27H30O2. The van der Waals surface area contributed by atoms with Crippen LogP contribution in [-0.4, -0.2) is 11.1 Å². The van der Waals surface area contributed by atoms with Crippen molar-refractivity contribution in [3.05, 3.63) is 69.8 Å². The van der Waals surface area contributed by atoms with Gasteiger partial charge in [-0.3, -0.25) is 0 Å². The Bertz CT molecular complexity index is 1060. The maximum Gasteiger partial charge on any atom is 0.382 e.